The Morgan fingerprint density at radius 2 is 0.429 bits per heavy atom. The van der Waals surface area contributed by atoms with E-state index in [1.165, 1.54) is 22.3 Å². The summed E-state index contributed by atoms with van der Waals surface area (Å²) in [7, 11) is 0. The molecule has 0 unspecified atom stereocenters. The molecule has 0 N–H and O–H groups in total. The smallest absolute Gasteiger partial charge is 0.170 e. The molecule has 0 radical (unpaired) electrons. The summed E-state index contributed by atoms with van der Waals surface area (Å²) in [6.07, 6.45) is 3.53. The highest BCUT2D eigenvalue weighted by molar-refractivity contribution is 6.15. The average Bonchev–Trinajstić information content (AvgIpc) is 3.51. The normalized spacial score (nSPS) is 10.3. The van der Waals surface area contributed by atoms with Crippen LogP contribution in [-0.2, 0) is 0 Å². The molecule has 0 bridgehead atoms. The third-order valence-electron chi connectivity index (χ3n) is 12.3. The zero-order valence-corrected chi connectivity index (χ0v) is 42.0. The highest BCUT2D eigenvalue weighted by Gasteiger charge is 2.16. The molecule has 0 fully saturated rings. The minimum Gasteiger partial charge on any atom is -0.294 e. The number of benzene rings is 9. The van der Waals surface area contributed by atoms with Crippen molar-refractivity contribution in [3.8, 4) is 22.3 Å². The third kappa shape index (κ3) is 14.7. The van der Waals surface area contributed by atoms with E-state index in [1.54, 1.807) is 146 Å². The molecular formula is C69H52N2O6. The van der Waals surface area contributed by atoms with Crippen LogP contribution >= 0.6 is 0 Å². The van der Waals surface area contributed by atoms with Crippen LogP contribution in [0, 0.1) is 0 Å². The van der Waals surface area contributed by atoms with Gasteiger partial charge in [-0.2, -0.15) is 0 Å². The van der Waals surface area contributed by atoms with Gasteiger partial charge in [-0.3, -0.25) is 38.7 Å². The third-order valence-corrected chi connectivity index (χ3v) is 12.3. The predicted molar refractivity (Wildman–Crippen MR) is 306 cm³/mol. The second-order valence-electron chi connectivity index (χ2n) is 17.6. The van der Waals surface area contributed by atoms with E-state index in [2.05, 4.69) is 82.8 Å². The summed E-state index contributed by atoms with van der Waals surface area (Å²) in [6.45, 7) is 0. The van der Waals surface area contributed by atoms with Crippen LogP contribution in [0.5, 0.6) is 0 Å². The van der Waals surface area contributed by atoms with Crippen molar-refractivity contribution < 1.29 is 28.8 Å². The molecule has 0 aliphatic carbocycles. The average molecular weight is 1010 g/mol. The monoisotopic (exact) mass is 1000 g/mol. The van der Waals surface area contributed by atoms with Gasteiger partial charge in [0.1, 0.15) is 0 Å². The van der Waals surface area contributed by atoms with E-state index in [9.17, 15) is 28.8 Å². The molecule has 2 heterocycles. The Morgan fingerprint density at radius 3 is 0.636 bits per heavy atom. The van der Waals surface area contributed by atoms with Gasteiger partial charge < -0.3 is 0 Å². The number of nitrogens with zero attached hydrogens (tertiary/aromatic N) is 2. The van der Waals surface area contributed by atoms with Crippen molar-refractivity contribution in [2.75, 3.05) is 0 Å². The first-order valence-corrected chi connectivity index (χ1v) is 25.0. The summed E-state index contributed by atoms with van der Waals surface area (Å²) in [5, 5.41) is 2.26. The van der Waals surface area contributed by atoms with Gasteiger partial charge in [0, 0.05) is 56.5 Å². The van der Waals surface area contributed by atoms with E-state index in [0.29, 0.717) is 33.4 Å². The van der Waals surface area contributed by atoms with Gasteiger partial charge in [0.15, 0.2) is 34.7 Å². The first-order chi connectivity index (χ1) is 37.7. The lowest BCUT2D eigenvalue weighted by atomic mass is 9.97. The molecule has 9 aromatic carbocycles. The topological polar surface area (TPSA) is 128 Å². The first kappa shape index (κ1) is 53.1. The van der Waals surface area contributed by atoms with Gasteiger partial charge in [-0.1, -0.05) is 255 Å². The van der Waals surface area contributed by atoms with Crippen molar-refractivity contribution in [2.45, 2.75) is 19.3 Å². The Morgan fingerprint density at radius 1 is 0.234 bits per heavy atom. The molecule has 0 saturated carbocycles. The fourth-order valence-electron chi connectivity index (χ4n) is 8.36. The van der Waals surface area contributed by atoms with Crippen LogP contribution in [0.4, 0.5) is 0 Å². The highest BCUT2D eigenvalue weighted by Crippen LogP contribution is 2.35. The van der Waals surface area contributed by atoms with Gasteiger partial charge >= 0.3 is 0 Å². The first-order valence-electron chi connectivity index (χ1n) is 25.0. The van der Waals surface area contributed by atoms with Crippen LogP contribution in [0.3, 0.4) is 0 Å². The van der Waals surface area contributed by atoms with Crippen LogP contribution < -0.4 is 0 Å². The summed E-state index contributed by atoms with van der Waals surface area (Å²) in [5.41, 5.74) is 10.1. The van der Waals surface area contributed by atoms with Crippen LogP contribution in [0.1, 0.15) is 81.4 Å². The standard InChI is InChI=1S/C24H16N2.3C15H12O2/c1-3-7-17(8-4-1)19-13-15-25-23-21(19)11-12-22-20(14-16-26-24(22)23)18-9-5-2-6-10-18;3*16-14(12-7-3-1-4-8-12)11-15(17)13-9-5-2-6-10-13/h1-16H;3*1-10H,11H2. The summed E-state index contributed by atoms with van der Waals surface area (Å²) in [5.74, 6) is -0.836. The number of ketones is 6. The van der Waals surface area contributed by atoms with Gasteiger partial charge in [-0.05, 0) is 34.4 Å². The number of hydrogen-bond acceptors (Lipinski definition) is 8. The van der Waals surface area contributed by atoms with Crippen LogP contribution in [0.2, 0.25) is 0 Å². The van der Waals surface area contributed by atoms with Crippen molar-refractivity contribution in [3.05, 3.63) is 313 Å². The number of pyridine rings is 2. The Kier molecular flexibility index (Phi) is 18.8. The fourth-order valence-corrected chi connectivity index (χ4v) is 8.36. The molecule has 0 saturated heterocycles. The molecule has 8 nitrogen and oxygen atoms in total. The number of carbonyl (C=O) groups is 6. The Bertz CT molecular complexity index is 3240. The van der Waals surface area contributed by atoms with E-state index < -0.39 is 0 Å². The SMILES string of the molecule is O=C(CC(=O)c1ccccc1)c1ccccc1.O=C(CC(=O)c1ccccc1)c1ccccc1.O=C(CC(=O)c1ccccc1)c1ccccc1.c1ccc(-c2ccnc3c2ccc2c(-c4ccccc4)ccnc23)cc1. The Balaban J connectivity index is 0.000000139. The molecule has 0 atom stereocenters. The molecule has 8 heteroatoms. The van der Waals surface area contributed by atoms with Crippen molar-refractivity contribution in [1.29, 1.82) is 0 Å². The zero-order valence-electron chi connectivity index (χ0n) is 42.0. The summed E-state index contributed by atoms with van der Waals surface area (Å²) in [6, 6.07) is 82.6. The van der Waals surface area contributed by atoms with Crippen LogP contribution in [-0.4, -0.2) is 44.7 Å². The van der Waals surface area contributed by atoms with Gasteiger partial charge in [-0.25, -0.2) is 0 Å². The Hall–Kier alpha value is -10.2. The number of hydrogen-bond donors (Lipinski definition) is 0. The number of carbonyl (C=O) groups excluding carboxylic acids is 6. The zero-order chi connectivity index (χ0) is 53.6. The second kappa shape index (κ2) is 27.2. The van der Waals surface area contributed by atoms with Gasteiger partial charge in [-0.15, -0.1) is 0 Å². The molecule has 0 amide bonds. The quantitative estimate of drug-likeness (QED) is 0.0598. The molecule has 0 aliphatic heterocycles. The van der Waals surface area contributed by atoms with Crippen molar-refractivity contribution >= 4 is 56.5 Å². The second-order valence-corrected chi connectivity index (χ2v) is 17.6. The molecule has 2 aromatic heterocycles. The van der Waals surface area contributed by atoms with E-state index in [1.807, 2.05) is 60.9 Å². The fraction of sp³-hybridized carbons (Fsp3) is 0.0435. The Labute approximate surface area is 447 Å². The van der Waals surface area contributed by atoms with Gasteiger partial charge in [0.25, 0.3) is 0 Å². The van der Waals surface area contributed by atoms with Crippen LogP contribution in [0.15, 0.2) is 279 Å². The lowest BCUT2D eigenvalue weighted by Gasteiger charge is -2.11. The largest absolute Gasteiger partial charge is 0.294 e. The van der Waals surface area contributed by atoms with E-state index in [4.69, 9.17) is 0 Å². The maximum absolute atomic E-state index is 11.8. The van der Waals surface area contributed by atoms with Crippen LogP contribution in [0.25, 0.3) is 44.1 Å². The van der Waals surface area contributed by atoms with Gasteiger partial charge in [0.05, 0.1) is 30.3 Å². The molecule has 11 rings (SSSR count). The van der Waals surface area contributed by atoms with E-state index >= 15 is 0 Å². The minimum absolute atomic E-state index is 0.0754. The number of rotatable bonds is 14. The molecule has 0 aliphatic rings. The summed E-state index contributed by atoms with van der Waals surface area (Å²) >= 11 is 0. The van der Waals surface area contributed by atoms with E-state index in [-0.39, 0.29) is 54.0 Å². The molecule has 77 heavy (non-hydrogen) atoms. The summed E-state index contributed by atoms with van der Waals surface area (Å²) < 4.78 is 0. The minimum atomic E-state index is -0.139. The maximum Gasteiger partial charge on any atom is 0.170 e. The molecule has 0 spiro atoms. The van der Waals surface area contributed by atoms with Gasteiger partial charge in [0.2, 0.25) is 0 Å². The molecule has 374 valence electrons. The highest BCUT2D eigenvalue weighted by atomic mass is 16.2. The summed E-state index contributed by atoms with van der Waals surface area (Å²) in [4.78, 5) is 80.2. The van der Waals surface area contributed by atoms with E-state index in [0.717, 1.165) is 21.8 Å². The predicted octanol–water partition coefficient (Wildman–Crippen LogP) is 15.5. The van der Waals surface area contributed by atoms with Crippen molar-refractivity contribution in [3.63, 3.8) is 0 Å². The van der Waals surface area contributed by atoms with Crippen molar-refractivity contribution in [2.24, 2.45) is 0 Å². The number of Topliss-reactive ketones (excluding diaryl/α,β-unsaturated/α-hetero) is 6. The number of fused-ring (bicyclic) bond motifs is 3. The number of aromatic nitrogens is 2. The maximum atomic E-state index is 11.8. The van der Waals surface area contributed by atoms with Crippen molar-refractivity contribution in [1.82, 2.24) is 9.97 Å². The molecular weight excluding hydrogens is 953 g/mol. The lowest BCUT2D eigenvalue weighted by molar-refractivity contribution is 0.0878. The molecule has 11 aromatic rings. The lowest BCUT2D eigenvalue weighted by Crippen LogP contribution is -2.08.